The monoisotopic (exact) mass is 368 g/mol. The highest BCUT2D eigenvalue weighted by Gasteiger charge is 2.33. The Hall–Kier alpha value is -3.19. The van der Waals surface area contributed by atoms with Crippen molar-refractivity contribution in [1.82, 2.24) is 5.32 Å². The SMILES string of the molecule is COc1cccc2cc(/C=C3\NC(=S)N(c4ccccc4F)C3=O)oc12. The van der Waals surface area contributed by atoms with Crippen LogP contribution in [0.25, 0.3) is 17.0 Å². The van der Waals surface area contributed by atoms with Crippen LogP contribution in [0.15, 0.2) is 58.6 Å². The van der Waals surface area contributed by atoms with Crippen LogP contribution in [0.5, 0.6) is 5.75 Å². The first-order valence-electron chi connectivity index (χ1n) is 7.76. The molecule has 1 N–H and O–H groups in total. The number of carbonyl (C=O) groups excluding carboxylic acids is 1. The molecule has 0 saturated carbocycles. The van der Waals surface area contributed by atoms with E-state index >= 15 is 0 Å². The number of halogens is 1. The van der Waals surface area contributed by atoms with Crippen LogP contribution < -0.4 is 15.0 Å². The number of hydrogen-bond donors (Lipinski definition) is 1. The number of para-hydroxylation sites is 2. The molecule has 1 aliphatic rings. The van der Waals surface area contributed by atoms with E-state index in [0.29, 0.717) is 17.1 Å². The second-order valence-corrected chi connectivity index (χ2v) is 5.99. The summed E-state index contributed by atoms with van der Waals surface area (Å²) in [6, 6.07) is 13.3. The van der Waals surface area contributed by atoms with E-state index in [1.54, 1.807) is 31.4 Å². The molecule has 0 spiro atoms. The lowest BCUT2D eigenvalue weighted by Crippen LogP contribution is -2.31. The highest BCUT2D eigenvalue weighted by molar-refractivity contribution is 7.80. The molecule has 7 heteroatoms. The van der Waals surface area contributed by atoms with Crippen LogP contribution in [-0.4, -0.2) is 18.1 Å². The number of thiocarbonyl (C=S) groups is 1. The Labute approximate surface area is 153 Å². The van der Waals surface area contributed by atoms with E-state index in [1.807, 2.05) is 12.1 Å². The van der Waals surface area contributed by atoms with Gasteiger partial charge in [0, 0.05) is 11.5 Å². The highest BCUT2D eigenvalue weighted by Crippen LogP contribution is 2.30. The maximum absolute atomic E-state index is 14.0. The van der Waals surface area contributed by atoms with Crippen molar-refractivity contribution in [3.63, 3.8) is 0 Å². The molecule has 130 valence electrons. The largest absolute Gasteiger partial charge is 0.493 e. The fourth-order valence-electron chi connectivity index (χ4n) is 2.82. The molecular formula is C19H13FN2O3S. The first kappa shape index (κ1) is 16.3. The third kappa shape index (κ3) is 2.62. The number of carbonyl (C=O) groups is 1. The zero-order valence-electron chi connectivity index (χ0n) is 13.7. The van der Waals surface area contributed by atoms with Crippen LogP contribution in [0.4, 0.5) is 10.1 Å². The summed E-state index contributed by atoms with van der Waals surface area (Å²) in [5.41, 5.74) is 0.891. The Balaban J connectivity index is 1.72. The number of rotatable bonds is 3. The molecule has 5 nitrogen and oxygen atoms in total. The van der Waals surface area contributed by atoms with Crippen molar-refractivity contribution >= 4 is 46.0 Å². The molecule has 0 bridgehead atoms. The number of benzene rings is 2. The number of methoxy groups -OCH3 is 1. The molecule has 1 aromatic heterocycles. The molecule has 0 atom stereocenters. The van der Waals surface area contributed by atoms with Crippen LogP contribution >= 0.6 is 12.2 Å². The van der Waals surface area contributed by atoms with E-state index in [-0.39, 0.29) is 16.5 Å². The van der Waals surface area contributed by atoms with Crippen molar-refractivity contribution in [2.45, 2.75) is 0 Å². The predicted molar refractivity (Wildman–Crippen MR) is 100 cm³/mol. The quantitative estimate of drug-likeness (QED) is 0.562. The van der Waals surface area contributed by atoms with Gasteiger partial charge in [0.15, 0.2) is 16.4 Å². The minimum atomic E-state index is -0.528. The fourth-order valence-corrected chi connectivity index (χ4v) is 3.11. The Kier molecular flexibility index (Phi) is 3.93. The van der Waals surface area contributed by atoms with Gasteiger partial charge in [-0.15, -0.1) is 0 Å². The maximum atomic E-state index is 14.0. The average molecular weight is 368 g/mol. The molecule has 1 fully saturated rings. The van der Waals surface area contributed by atoms with E-state index in [1.165, 1.54) is 18.2 Å². The first-order valence-corrected chi connectivity index (χ1v) is 8.17. The van der Waals surface area contributed by atoms with Gasteiger partial charge in [0.05, 0.1) is 12.8 Å². The van der Waals surface area contributed by atoms with Crippen molar-refractivity contribution in [2.75, 3.05) is 12.0 Å². The van der Waals surface area contributed by atoms with Crippen LogP contribution in [0.1, 0.15) is 5.76 Å². The van der Waals surface area contributed by atoms with Crippen LogP contribution in [0, 0.1) is 5.82 Å². The number of fused-ring (bicyclic) bond motifs is 1. The Morgan fingerprint density at radius 1 is 1.23 bits per heavy atom. The van der Waals surface area contributed by atoms with Gasteiger partial charge >= 0.3 is 0 Å². The molecule has 1 aliphatic heterocycles. The molecule has 2 heterocycles. The predicted octanol–water partition coefficient (Wildman–Crippen LogP) is 3.84. The summed E-state index contributed by atoms with van der Waals surface area (Å²) >= 11 is 5.19. The summed E-state index contributed by atoms with van der Waals surface area (Å²) in [6.07, 6.45) is 1.54. The number of hydrogen-bond acceptors (Lipinski definition) is 4. The number of amides is 1. The molecule has 26 heavy (non-hydrogen) atoms. The Bertz CT molecular complexity index is 1070. The maximum Gasteiger partial charge on any atom is 0.281 e. The number of anilines is 1. The lowest BCUT2D eigenvalue weighted by atomic mass is 10.2. The van der Waals surface area contributed by atoms with Gasteiger partial charge in [0.1, 0.15) is 17.3 Å². The minimum absolute atomic E-state index is 0.102. The zero-order chi connectivity index (χ0) is 18.3. The van der Waals surface area contributed by atoms with E-state index in [9.17, 15) is 9.18 Å². The molecule has 2 aromatic carbocycles. The van der Waals surface area contributed by atoms with Gasteiger partial charge in [-0.25, -0.2) is 9.29 Å². The molecule has 0 aliphatic carbocycles. The van der Waals surface area contributed by atoms with Gasteiger partial charge < -0.3 is 14.5 Å². The first-order chi connectivity index (χ1) is 12.6. The number of ether oxygens (including phenoxy) is 1. The van der Waals surface area contributed by atoms with Crippen molar-refractivity contribution in [2.24, 2.45) is 0 Å². The second kappa shape index (κ2) is 6.27. The van der Waals surface area contributed by atoms with Gasteiger partial charge in [0.25, 0.3) is 5.91 Å². The summed E-state index contributed by atoms with van der Waals surface area (Å²) in [5, 5.41) is 3.77. The number of nitrogens with zero attached hydrogens (tertiary/aromatic N) is 1. The summed E-state index contributed by atoms with van der Waals surface area (Å²) in [5.74, 6) is 0.0761. The third-order valence-electron chi connectivity index (χ3n) is 4.01. The van der Waals surface area contributed by atoms with Gasteiger partial charge in [-0.2, -0.15) is 0 Å². The smallest absolute Gasteiger partial charge is 0.281 e. The van der Waals surface area contributed by atoms with E-state index in [4.69, 9.17) is 21.4 Å². The van der Waals surface area contributed by atoms with E-state index < -0.39 is 11.7 Å². The molecule has 0 radical (unpaired) electrons. The van der Waals surface area contributed by atoms with E-state index in [2.05, 4.69) is 5.32 Å². The number of nitrogens with one attached hydrogen (secondary N) is 1. The average Bonchev–Trinajstić information content (AvgIpc) is 3.16. The van der Waals surface area contributed by atoms with Crippen LogP contribution in [-0.2, 0) is 4.79 Å². The topological polar surface area (TPSA) is 54.7 Å². The summed E-state index contributed by atoms with van der Waals surface area (Å²) < 4.78 is 25.1. The molecule has 1 saturated heterocycles. The lowest BCUT2D eigenvalue weighted by Gasteiger charge is -2.14. The van der Waals surface area contributed by atoms with Crippen molar-refractivity contribution < 1.29 is 18.3 Å². The van der Waals surface area contributed by atoms with Crippen molar-refractivity contribution in [3.8, 4) is 5.75 Å². The zero-order valence-corrected chi connectivity index (χ0v) is 14.5. The number of furan rings is 1. The standard InChI is InChI=1S/C19H13FN2O3S/c1-24-16-8-4-5-11-9-12(25-17(11)16)10-14-18(23)22(19(26)21-14)15-7-3-2-6-13(15)20/h2-10H,1H3,(H,21,26)/b14-10-. The molecule has 1 amide bonds. The Morgan fingerprint density at radius 2 is 2.04 bits per heavy atom. The molecular weight excluding hydrogens is 355 g/mol. The summed E-state index contributed by atoms with van der Waals surface area (Å²) in [4.78, 5) is 13.8. The lowest BCUT2D eigenvalue weighted by molar-refractivity contribution is -0.113. The second-order valence-electron chi connectivity index (χ2n) is 5.61. The van der Waals surface area contributed by atoms with E-state index in [0.717, 1.165) is 10.3 Å². The molecule has 3 aromatic rings. The van der Waals surface area contributed by atoms with Gasteiger partial charge in [0.2, 0.25) is 0 Å². The molecule has 0 unspecified atom stereocenters. The molecule has 4 rings (SSSR count). The Morgan fingerprint density at radius 3 is 2.81 bits per heavy atom. The fraction of sp³-hybridized carbons (Fsp3) is 0.0526. The minimum Gasteiger partial charge on any atom is -0.493 e. The van der Waals surface area contributed by atoms with Gasteiger partial charge in [-0.05, 0) is 36.5 Å². The van der Waals surface area contributed by atoms with Crippen LogP contribution in [0.2, 0.25) is 0 Å². The summed E-state index contributed by atoms with van der Waals surface area (Å²) in [6.45, 7) is 0. The third-order valence-corrected chi connectivity index (χ3v) is 4.29. The van der Waals surface area contributed by atoms with Crippen molar-refractivity contribution in [3.05, 3.63) is 65.8 Å². The summed E-state index contributed by atoms with van der Waals surface area (Å²) in [7, 11) is 1.56. The van der Waals surface area contributed by atoms with Crippen LogP contribution in [0.3, 0.4) is 0 Å². The van der Waals surface area contributed by atoms with Gasteiger partial charge in [-0.3, -0.25) is 4.79 Å². The van der Waals surface area contributed by atoms with Gasteiger partial charge in [-0.1, -0.05) is 24.3 Å². The normalized spacial score (nSPS) is 15.8. The highest BCUT2D eigenvalue weighted by atomic mass is 32.1. The van der Waals surface area contributed by atoms with Crippen molar-refractivity contribution in [1.29, 1.82) is 0 Å².